The Bertz CT molecular complexity index is 1060. The number of pyridine rings is 1. The molecule has 4 nitrogen and oxygen atoms in total. The van der Waals surface area contributed by atoms with Crippen LogP contribution in [0, 0.1) is 10.8 Å². The first-order valence-electron chi connectivity index (χ1n) is 7.27. The molecule has 0 bridgehead atoms. The van der Waals surface area contributed by atoms with Gasteiger partial charge >= 0.3 is 0 Å². The third kappa shape index (κ3) is 1.96. The van der Waals surface area contributed by atoms with E-state index in [0.717, 1.165) is 16.7 Å². The van der Waals surface area contributed by atoms with E-state index in [9.17, 15) is 4.79 Å². The molecule has 0 aliphatic heterocycles. The Morgan fingerprint density at radius 3 is 1.87 bits per heavy atom. The average Bonchev–Trinajstić information content (AvgIpc) is 2.58. The molecule has 0 saturated carbocycles. The molecule has 23 heavy (non-hydrogen) atoms. The first-order chi connectivity index (χ1) is 11.2. The topological polar surface area (TPSA) is 69.7 Å². The van der Waals surface area contributed by atoms with Crippen LogP contribution >= 0.6 is 0 Å². The molecule has 2 N–H and O–H groups in total. The van der Waals surface area contributed by atoms with Crippen LogP contribution in [0.4, 0.5) is 0 Å². The van der Waals surface area contributed by atoms with E-state index >= 15 is 0 Å². The van der Waals surface area contributed by atoms with Gasteiger partial charge in [-0.15, -0.1) is 0 Å². The summed E-state index contributed by atoms with van der Waals surface area (Å²) in [6, 6.07) is 14.9. The third-order valence-corrected chi connectivity index (χ3v) is 4.04. The number of benzene rings is 2. The molecule has 1 aromatic heterocycles. The predicted molar refractivity (Wildman–Crippen MR) is 94.6 cm³/mol. The van der Waals surface area contributed by atoms with Crippen molar-refractivity contribution in [1.29, 1.82) is 10.8 Å². The minimum atomic E-state index is 0.00987. The van der Waals surface area contributed by atoms with Crippen LogP contribution in [0.5, 0.6) is 0 Å². The second-order valence-corrected chi connectivity index (χ2v) is 5.43. The molecule has 1 aliphatic rings. The Morgan fingerprint density at radius 1 is 0.739 bits per heavy atom. The average molecular weight is 299 g/mol. The summed E-state index contributed by atoms with van der Waals surface area (Å²) in [5.41, 5.74) is 2.73. The second kappa shape index (κ2) is 4.88. The number of rotatable bonds is 1. The molecule has 0 unspecified atom stereocenters. The fourth-order valence-corrected chi connectivity index (χ4v) is 2.95. The Hall–Kier alpha value is -3.27. The van der Waals surface area contributed by atoms with E-state index in [4.69, 9.17) is 10.8 Å². The van der Waals surface area contributed by atoms with Gasteiger partial charge in [0.1, 0.15) is 0 Å². The largest absolute Gasteiger partial charge is 0.309 e. The maximum absolute atomic E-state index is 12.7. The van der Waals surface area contributed by atoms with Crippen molar-refractivity contribution in [2.45, 2.75) is 0 Å². The van der Waals surface area contributed by atoms with E-state index in [1.54, 1.807) is 12.2 Å². The number of fused-ring (bicyclic) bond motifs is 2. The highest BCUT2D eigenvalue weighted by atomic mass is 16.1. The molecule has 0 amide bonds. The zero-order valence-electron chi connectivity index (χ0n) is 12.2. The van der Waals surface area contributed by atoms with Crippen LogP contribution in [0.3, 0.4) is 0 Å². The van der Waals surface area contributed by atoms with Gasteiger partial charge in [0.05, 0.1) is 22.5 Å². The molecule has 0 fully saturated rings. The lowest BCUT2D eigenvalue weighted by Gasteiger charge is -2.18. The monoisotopic (exact) mass is 299 g/mol. The number of allylic oxidation sites excluding steroid dienone is 4. The lowest BCUT2D eigenvalue weighted by molar-refractivity contribution is 1.21. The van der Waals surface area contributed by atoms with E-state index < -0.39 is 0 Å². The molecular weight excluding hydrogens is 286 g/mol. The van der Waals surface area contributed by atoms with Crippen molar-refractivity contribution >= 4 is 38.9 Å². The van der Waals surface area contributed by atoms with Crippen molar-refractivity contribution in [3.8, 4) is 0 Å². The summed E-state index contributed by atoms with van der Waals surface area (Å²) in [4.78, 5) is 12.7. The Kier molecular flexibility index (Phi) is 2.84. The van der Waals surface area contributed by atoms with Crippen LogP contribution in [-0.4, -0.2) is 16.0 Å². The first-order valence-corrected chi connectivity index (χ1v) is 7.27. The van der Waals surface area contributed by atoms with Gasteiger partial charge in [0, 0.05) is 16.5 Å². The van der Waals surface area contributed by atoms with Crippen molar-refractivity contribution in [2.24, 2.45) is 0 Å². The standard InChI is InChI=1S/C19H13N3O/c20-15-10-9-12(11-16(15)21)22-17-7-3-1-5-13(17)19(23)14-6-2-4-8-18(14)22/h1-11,20-21H. The van der Waals surface area contributed by atoms with E-state index in [2.05, 4.69) is 0 Å². The van der Waals surface area contributed by atoms with E-state index in [1.165, 1.54) is 0 Å². The van der Waals surface area contributed by atoms with Crippen molar-refractivity contribution in [2.75, 3.05) is 0 Å². The highest BCUT2D eigenvalue weighted by Crippen LogP contribution is 2.25. The molecule has 4 heteroatoms. The summed E-state index contributed by atoms with van der Waals surface area (Å²) >= 11 is 0. The van der Waals surface area contributed by atoms with Gasteiger partial charge < -0.3 is 4.57 Å². The molecule has 2 aromatic carbocycles. The number of nitrogens with zero attached hydrogens (tertiary/aromatic N) is 1. The minimum Gasteiger partial charge on any atom is -0.309 e. The van der Waals surface area contributed by atoms with Crippen molar-refractivity contribution in [1.82, 2.24) is 4.57 Å². The zero-order chi connectivity index (χ0) is 16.0. The maximum atomic E-state index is 12.7. The van der Waals surface area contributed by atoms with E-state index in [-0.39, 0.29) is 16.9 Å². The Balaban J connectivity index is 2.21. The van der Waals surface area contributed by atoms with Crippen LogP contribution in [0.25, 0.3) is 27.5 Å². The van der Waals surface area contributed by atoms with Gasteiger partial charge in [-0.1, -0.05) is 24.3 Å². The second-order valence-electron chi connectivity index (χ2n) is 5.43. The predicted octanol–water partition coefficient (Wildman–Crippen LogP) is 3.60. The molecule has 0 atom stereocenters. The summed E-state index contributed by atoms with van der Waals surface area (Å²) in [7, 11) is 0. The van der Waals surface area contributed by atoms with Gasteiger partial charge in [-0.3, -0.25) is 15.6 Å². The molecule has 0 saturated heterocycles. The lowest BCUT2D eigenvalue weighted by Crippen LogP contribution is -2.15. The zero-order valence-corrected chi connectivity index (χ0v) is 12.2. The Morgan fingerprint density at radius 2 is 1.30 bits per heavy atom. The minimum absolute atomic E-state index is 0.00987. The smallest absolute Gasteiger partial charge is 0.197 e. The van der Waals surface area contributed by atoms with Crippen LogP contribution < -0.4 is 5.43 Å². The summed E-state index contributed by atoms with van der Waals surface area (Å²) in [5, 5.41) is 16.9. The van der Waals surface area contributed by atoms with Crippen molar-refractivity contribution in [3.05, 3.63) is 77.0 Å². The van der Waals surface area contributed by atoms with Crippen molar-refractivity contribution < 1.29 is 0 Å². The SMILES string of the molecule is N=C1C=CC(n2c3ccccc3c(=O)c3ccccc32)=CC1=N. The lowest BCUT2D eigenvalue weighted by atomic mass is 10.0. The fraction of sp³-hybridized carbons (Fsp3) is 0. The molecule has 110 valence electrons. The first kappa shape index (κ1) is 13.4. The highest BCUT2D eigenvalue weighted by molar-refractivity contribution is 6.50. The normalized spacial score (nSPS) is 14.5. The van der Waals surface area contributed by atoms with Crippen LogP contribution in [-0.2, 0) is 0 Å². The van der Waals surface area contributed by atoms with Gasteiger partial charge in [0.15, 0.2) is 5.43 Å². The van der Waals surface area contributed by atoms with Crippen LogP contribution in [0.1, 0.15) is 0 Å². The number of hydrogen-bond acceptors (Lipinski definition) is 3. The van der Waals surface area contributed by atoms with Gasteiger partial charge in [0.25, 0.3) is 0 Å². The van der Waals surface area contributed by atoms with Gasteiger partial charge in [-0.05, 0) is 42.5 Å². The third-order valence-electron chi connectivity index (χ3n) is 4.04. The van der Waals surface area contributed by atoms with E-state index in [1.807, 2.05) is 59.2 Å². The quantitative estimate of drug-likeness (QED) is 0.523. The molecule has 0 spiro atoms. The molecule has 4 rings (SSSR count). The van der Waals surface area contributed by atoms with Crippen LogP contribution in [0.2, 0.25) is 0 Å². The van der Waals surface area contributed by atoms with Gasteiger partial charge in [-0.25, -0.2) is 0 Å². The number of hydrogen-bond donors (Lipinski definition) is 2. The molecule has 3 aromatic rings. The number of nitrogens with one attached hydrogen (secondary N) is 2. The van der Waals surface area contributed by atoms with Gasteiger partial charge in [-0.2, -0.15) is 0 Å². The maximum Gasteiger partial charge on any atom is 0.197 e. The molecular formula is C19H13N3O. The highest BCUT2D eigenvalue weighted by Gasteiger charge is 2.14. The summed E-state index contributed by atoms with van der Waals surface area (Å²) < 4.78 is 1.98. The summed E-state index contributed by atoms with van der Waals surface area (Å²) in [5.74, 6) is 0. The van der Waals surface area contributed by atoms with Crippen molar-refractivity contribution in [3.63, 3.8) is 0 Å². The summed E-state index contributed by atoms with van der Waals surface area (Å²) in [6.07, 6.45) is 5.08. The van der Waals surface area contributed by atoms with Gasteiger partial charge in [0.2, 0.25) is 0 Å². The fourth-order valence-electron chi connectivity index (χ4n) is 2.95. The van der Waals surface area contributed by atoms with Crippen LogP contribution in [0.15, 0.2) is 71.6 Å². The summed E-state index contributed by atoms with van der Waals surface area (Å²) in [6.45, 7) is 0. The Labute approximate surface area is 132 Å². The molecule has 1 aliphatic carbocycles. The molecule has 0 radical (unpaired) electrons. The number of aromatic nitrogens is 1. The number of para-hydroxylation sites is 2. The molecule has 1 heterocycles. The van der Waals surface area contributed by atoms with E-state index in [0.29, 0.717) is 10.8 Å².